The van der Waals surface area contributed by atoms with E-state index in [0.29, 0.717) is 17.6 Å². The highest BCUT2D eigenvalue weighted by molar-refractivity contribution is 5.70. The van der Waals surface area contributed by atoms with Crippen molar-refractivity contribution in [3.05, 3.63) is 76.5 Å². The predicted molar refractivity (Wildman–Crippen MR) is 145 cm³/mol. The number of hydrogen-bond donors (Lipinski definition) is 0. The van der Waals surface area contributed by atoms with Crippen molar-refractivity contribution in [3.8, 4) is 16.9 Å². The van der Waals surface area contributed by atoms with Crippen molar-refractivity contribution in [3.63, 3.8) is 0 Å². The van der Waals surface area contributed by atoms with Gasteiger partial charge < -0.3 is 21.6 Å². The van der Waals surface area contributed by atoms with Gasteiger partial charge in [0, 0.05) is 23.9 Å². The number of carbonyl (C=O) groups is 1. The molecule has 0 aliphatic heterocycles. The SMILES string of the molecule is CCCCCCCCCOC(=O)C[N+](C)(C)Cc1cn(-c2ccccc2)nc1-c1ccc([N+](=O)[O-])cc1.[Cl-]. The third kappa shape index (κ3) is 9.58. The number of likely N-dealkylation sites (N-methyl/N-ethyl adjacent to an activating group) is 1. The number of esters is 1. The highest BCUT2D eigenvalue weighted by Crippen LogP contribution is 2.27. The standard InChI is InChI=1S/C29H39N4O4.ClH/c1-4-5-6-7-8-9-13-20-37-28(34)23-33(2,3)22-25-21-31(26-14-11-10-12-15-26)30-29(25)24-16-18-27(19-17-24)32(35)36;/h10-12,14-19,21H,4-9,13,20,22-23H2,1-3H3;1H/q+1;/p-1. The van der Waals surface area contributed by atoms with Crippen molar-refractivity contribution in [2.45, 2.75) is 58.4 Å². The third-order valence-corrected chi connectivity index (χ3v) is 6.33. The number of hydrogen-bond acceptors (Lipinski definition) is 5. The minimum atomic E-state index is -0.411. The number of nitro benzene ring substituents is 1. The molecule has 3 rings (SSSR count). The van der Waals surface area contributed by atoms with Crippen molar-refractivity contribution in [1.29, 1.82) is 0 Å². The average Bonchev–Trinajstić information content (AvgIpc) is 3.28. The number of nitro groups is 1. The summed E-state index contributed by atoms with van der Waals surface area (Å²) in [7, 11) is 3.99. The predicted octanol–water partition coefficient (Wildman–Crippen LogP) is 3.32. The fourth-order valence-electron chi connectivity index (χ4n) is 4.38. The highest BCUT2D eigenvalue weighted by atomic mass is 35.5. The van der Waals surface area contributed by atoms with E-state index in [9.17, 15) is 14.9 Å². The van der Waals surface area contributed by atoms with Gasteiger partial charge in [-0.05, 0) is 30.7 Å². The van der Waals surface area contributed by atoms with Gasteiger partial charge in [0.15, 0.2) is 6.54 Å². The third-order valence-electron chi connectivity index (χ3n) is 6.33. The molecule has 38 heavy (non-hydrogen) atoms. The van der Waals surface area contributed by atoms with Gasteiger partial charge >= 0.3 is 5.97 Å². The first-order valence-electron chi connectivity index (χ1n) is 13.2. The van der Waals surface area contributed by atoms with E-state index in [1.54, 1.807) is 12.1 Å². The maximum Gasteiger partial charge on any atom is 0.361 e. The van der Waals surface area contributed by atoms with Crippen LogP contribution in [0.4, 0.5) is 5.69 Å². The Hall–Kier alpha value is -3.23. The minimum absolute atomic E-state index is 0. The Bertz CT molecular complexity index is 1150. The van der Waals surface area contributed by atoms with E-state index in [1.807, 2.05) is 55.3 Å². The molecule has 0 spiro atoms. The zero-order chi connectivity index (χ0) is 26.7. The highest BCUT2D eigenvalue weighted by Gasteiger charge is 2.25. The second-order valence-electron chi connectivity index (χ2n) is 10.2. The molecule has 0 N–H and O–H groups in total. The maximum absolute atomic E-state index is 12.6. The van der Waals surface area contributed by atoms with Crippen LogP contribution < -0.4 is 12.4 Å². The molecular weight excluding hydrogens is 504 g/mol. The molecule has 0 radical (unpaired) electrons. The van der Waals surface area contributed by atoms with Gasteiger partial charge in [0.05, 0.1) is 36.9 Å². The van der Waals surface area contributed by atoms with Crippen LogP contribution in [-0.4, -0.2) is 52.4 Å². The number of para-hydroxylation sites is 1. The molecular formula is C29H39ClN4O4. The Morgan fingerprint density at radius 3 is 2.24 bits per heavy atom. The van der Waals surface area contributed by atoms with E-state index >= 15 is 0 Å². The summed E-state index contributed by atoms with van der Waals surface area (Å²) in [5, 5.41) is 15.9. The Labute approximate surface area is 231 Å². The number of ether oxygens (including phenoxy) is 1. The molecule has 3 aromatic rings. The molecule has 2 aromatic carbocycles. The summed E-state index contributed by atoms with van der Waals surface area (Å²) in [4.78, 5) is 23.3. The molecule has 0 saturated carbocycles. The van der Waals surface area contributed by atoms with E-state index in [0.717, 1.165) is 35.3 Å². The number of aromatic nitrogens is 2. The van der Waals surface area contributed by atoms with Crippen LogP contribution in [0.15, 0.2) is 60.8 Å². The van der Waals surface area contributed by atoms with Crippen molar-refractivity contribution >= 4 is 11.7 Å². The normalized spacial score (nSPS) is 11.1. The molecule has 8 nitrogen and oxygen atoms in total. The van der Waals surface area contributed by atoms with Gasteiger partial charge in [-0.1, -0.05) is 63.6 Å². The van der Waals surface area contributed by atoms with Gasteiger partial charge in [-0.15, -0.1) is 0 Å². The van der Waals surface area contributed by atoms with Crippen LogP contribution in [-0.2, 0) is 16.1 Å². The van der Waals surface area contributed by atoms with Gasteiger partial charge in [0.2, 0.25) is 0 Å². The summed E-state index contributed by atoms with van der Waals surface area (Å²) < 4.78 is 7.74. The van der Waals surface area contributed by atoms with Crippen LogP contribution in [0, 0.1) is 10.1 Å². The first kappa shape index (κ1) is 31.0. The number of non-ortho nitro benzene ring substituents is 1. The Morgan fingerprint density at radius 2 is 1.61 bits per heavy atom. The van der Waals surface area contributed by atoms with E-state index in [-0.39, 0.29) is 30.6 Å². The largest absolute Gasteiger partial charge is 1.00 e. The molecule has 206 valence electrons. The Kier molecular flexibility index (Phi) is 12.4. The number of benzene rings is 2. The van der Waals surface area contributed by atoms with Gasteiger partial charge in [-0.3, -0.25) is 10.1 Å². The average molecular weight is 543 g/mol. The number of quaternary nitrogens is 1. The monoisotopic (exact) mass is 542 g/mol. The van der Waals surface area contributed by atoms with Crippen LogP contribution >= 0.6 is 0 Å². The zero-order valence-electron chi connectivity index (χ0n) is 22.6. The van der Waals surface area contributed by atoms with Gasteiger partial charge in [0.1, 0.15) is 12.2 Å². The second-order valence-corrected chi connectivity index (χ2v) is 10.2. The molecule has 0 atom stereocenters. The summed E-state index contributed by atoms with van der Waals surface area (Å²) in [5.74, 6) is -0.205. The molecule has 0 saturated heterocycles. The lowest BCUT2D eigenvalue weighted by atomic mass is 10.1. The molecule has 0 bridgehead atoms. The van der Waals surface area contributed by atoms with E-state index < -0.39 is 4.92 Å². The van der Waals surface area contributed by atoms with Crippen molar-refractivity contribution in [1.82, 2.24) is 9.78 Å². The van der Waals surface area contributed by atoms with Crippen molar-refractivity contribution in [2.75, 3.05) is 27.2 Å². The number of unbranched alkanes of at least 4 members (excludes halogenated alkanes) is 6. The minimum Gasteiger partial charge on any atom is -1.00 e. The molecule has 0 aliphatic rings. The van der Waals surface area contributed by atoms with Crippen LogP contribution in [0.2, 0.25) is 0 Å². The number of halogens is 1. The fraction of sp³-hybridized carbons (Fsp3) is 0.448. The Morgan fingerprint density at radius 1 is 0.974 bits per heavy atom. The van der Waals surface area contributed by atoms with Crippen LogP contribution in [0.5, 0.6) is 0 Å². The summed E-state index contributed by atoms with van der Waals surface area (Å²) in [6.45, 7) is 3.47. The molecule has 1 aromatic heterocycles. The first-order valence-corrected chi connectivity index (χ1v) is 13.2. The molecule has 0 amide bonds. The molecule has 1 heterocycles. The van der Waals surface area contributed by atoms with Crippen molar-refractivity contribution < 1.29 is 31.3 Å². The lowest BCUT2D eigenvalue weighted by molar-refractivity contribution is -0.896. The van der Waals surface area contributed by atoms with E-state index in [2.05, 4.69) is 6.92 Å². The zero-order valence-corrected chi connectivity index (χ0v) is 23.4. The van der Waals surface area contributed by atoms with Crippen LogP contribution in [0.25, 0.3) is 16.9 Å². The summed E-state index contributed by atoms with van der Waals surface area (Å²) in [5.41, 5.74) is 3.42. The number of rotatable bonds is 15. The Balaban J connectivity index is 0.00000507. The lowest BCUT2D eigenvalue weighted by Gasteiger charge is -2.28. The van der Waals surface area contributed by atoms with E-state index in [1.165, 1.54) is 44.2 Å². The van der Waals surface area contributed by atoms with Crippen LogP contribution in [0.1, 0.15) is 57.4 Å². The number of carbonyl (C=O) groups excluding carboxylic acids is 1. The van der Waals surface area contributed by atoms with E-state index in [4.69, 9.17) is 9.84 Å². The molecule has 0 fully saturated rings. The smallest absolute Gasteiger partial charge is 0.361 e. The molecule has 9 heteroatoms. The molecule has 0 aliphatic carbocycles. The van der Waals surface area contributed by atoms with Gasteiger partial charge in [0.25, 0.3) is 5.69 Å². The topological polar surface area (TPSA) is 87.3 Å². The summed E-state index contributed by atoms with van der Waals surface area (Å²) >= 11 is 0. The molecule has 0 unspecified atom stereocenters. The van der Waals surface area contributed by atoms with Crippen LogP contribution in [0.3, 0.4) is 0 Å². The first-order chi connectivity index (χ1) is 17.8. The van der Waals surface area contributed by atoms with Crippen molar-refractivity contribution in [2.24, 2.45) is 0 Å². The summed E-state index contributed by atoms with van der Waals surface area (Å²) in [6.07, 6.45) is 10.2. The fourth-order valence-corrected chi connectivity index (χ4v) is 4.38. The second kappa shape index (κ2) is 15.2. The summed E-state index contributed by atoms with van der Waals surface area (Å²) in [6, 6.07) is 16.2. The van der Waals surface area contributed by atoms with Gasteiger partial charge in [-0.25, -0.2) is 9.48 Å². The lowest BCUT2D eigenvalue weighted by Crippen LogP contribution is -3.00. The number of nitrogens with zero attached hydrogens (tertiary/aromatic N) is 4. The maximum atomic E-state index is 12.6. The quantitative estimate of drug-likeness (QED) is 0.0966. The van der Waals surface area contributed by atoms with Gasteiger partial charge in [-0.2, -0.15) is 5.10 Å².